The molecule has 9 heteroatoms. The van der Waals surface area contributed by atoms with Gasteiger partial charge >= 0.3 is 5.97 Å². The Morgan fingerprint density at radius 3 is 2.83 bits per heavy atom. The van der Waals surface area contributed by atoms with E-state index >= 15 is 0 Å². The fourth-order valence-corrected chi connectivity index (χ4v) is 3.14. The topological polar surface area (TPSA) is 78.3 Å². The van der Waals surface area contributed by atoms with Crippen LogP contribution in [-0.2, 0) is 14.3 Å². The number of halogens is 2. The first-order valence-corrected chi connectivity index (χ1v) is 7.74. The van der Waals surface area contributed by atoms with Crippen LogP contribution in [0.3, 0.4) is 0 Å². The van der Waals surface area contributed by atoms with E-state index in [1.165, 1.54) is 20.5 Å². The van der Waals surface area contributed by atoms with E-state index in [0.717, 1.165) is 0 Å². The van der Waals surface area contributed by atoms with E-state index in [2.05, 4.69) is 15.4 Å². The van der Waals surface area contributed by atoms with Crippen LogP contribution in [0.2, 0.25) is 10.0 Å². The van der Waals surface area contributed by atoms with Crippen molar-refractivity contribution >= 4 is 35.1 Å². The molecule has 1 N–H and O–H groups in total. The third kappa shape index (κ3) is 2.86. The van der Waals surface area contributed by atoms with Gasteiger partial charge in [-0.3, -0.25) is 0 Å². The molecule has 1 aromatic carbocycles. The average molecular weight is 369 g/mol. The number of esters is 1. The average Bonchev–Trinajstić information content (AvgIpc) is 3.02. The van der Waals surface area contributed by atoms with Crippen molar-refractivity contribution in [3.05, 3.63) is 51.4 Å². The molecule has 7 nitrogen and oxygen atoms in total. The molecule has 0 spiro atoms. The maximum Gasteiger partial charge on any atom is 0.338 e. The van der Waals surface area contributed by atoms with Gasteiger partial charge in [0.2, 0.25) is 5.95 Å². The van der Waals surface area contributed by atoms with Gasteiger partial charge in [0.05, 0.1) is 25.0 Å². The van der Waals surface area contributed by atoms with Gasteiger partial charge in [-0.25, -0.2) is 9.48 Å². The number of carbonyl (C=O) groups excluding carboxylic acids is 1. The van der Waals surface area contributed by atoms with E-state index in [0.29, 0.717) is 32.8 Å². The second-order valence-corrected chi connectivity index (χ2v) is 5.88. The number of fused-ring (bicyclic) bond motifs is 1. The van der Waals surface area contributed by atoms with Crippen LogP contribution in [-0.4, -0.2) is 41.6 Å². The molecule has 24 heavy (non-hydrogen) atoms. The zero-order valence-electron chi connectivity index (χ0n) is 12.9. The van der Waals surface area contributed by atoms with E-state index in [1.54, 1.807) is 22.9 Å². The highest BCUT2D eigenvalue weighted by Gasteiger charge is 2.36. The van der Waals surface area contributed by atoms with Crippen LogP contribution in [0.25, 0.3) is 0 Å². The lowest BCUT2D eigenvalue weighted by Gasteiger charge is -2.29. The van der Waals surface area contributed by atoms with Gasteiger partial charge in [0.25, 0.3) is 0 Å². The van der Waals surface area contributed by atoms with Crippen LogP contribution in [0.15, 0.2) is 35.8 Å². The fourth-order valence-electron chi connectivity index (χ4n) is 2.63. The van der Waals surface area contributed by atoms with Gasteiger partial charge in [-0.05, 0) is 12.1 Å². The van der Waals surface area contributed by atoms with Crippen LogP contribution in [0, 0.1) is 0 Å². The molecule has 2 aromatic rings. The molecule has 3 rings (SSSR count). The number of nitrogens with zero attached hydrogens (tertiary/aromatic N) is 3. The molecule has 1 aliphatic heterocycles. The van der Waals surface area contributed by atoms with E-state index in [9.17, 15) is 4.79 Å². The molecule has 0 unspecified atom stereocenters. The summed E-state index contributed by atoms with van der Waals surface area (Å²) in [4.78, 5) is 16.6. The van der Waals surface area contributed by atoms with Crippen molar-refractivity contribution in [2.45, 2.75) is 6.04 Å². The van der Waals surface area contributed by atoms with Crippen LogP contribution in [0.5, 0.6) is 0 Å². The normalized spacial score (nSPS) is 16.6. The maximum absolute atomic E-state index is 12.4. The molecular formula is C15H14Cl2N4O3. The number of anilines is 1. The van der Waals surface area contributed by atoms with Gasteiger partial charge in [0.15, 0.2) is 0 Å². The lowest BCUT2D eigenvalue weighted by molar-refractivity contribution is -0.136. The van der Waals surface area contributed by atoms with Crippen molar-refractivity contribution in [2.75, 3.05) is 26.1 Å². The zero-order valence-corrected chi connectivity index (χ0v) is 14.4. The Bertz CT molecular complexity index is 819. The minimum absolute atomic E-state index is 0.180. The number of benzene rings is 1. The number of hydrogen-bond donors (Lipinski definition) is 1. The Balaban J connectivity index is 2.23. The summed E-state index contributed by atoms with van der Waals surface area (Å²) in [5, 5.41) is 8.16. The number of ether oxygens (including phenoxy) is 2. The van der Waals surface area contributed by atoms with Crippen molar-refractivity contribution in [2.24, 2.45) is 0 Å². The summed E-state index contributed by atoms with van der Waals surface area (Å²) >= 11 is 12.3. The smallest absolute Gasteiger partial charge is 0.338 e. The fraction of sp³-hybridized carbons (Fsp3) is 0.267. The lowest BCUT2D eigenvalue weighted by Crippen LogP contribution is -2.31. The monoisotopic (exact) mass is 368 g/mol. The van der Waals surface area contributed by atoms with Crippen molar-refractivity contribution in [1.29, 1.82) is 0 Å². The Kier molecular flexibility index (Phi) is 4.75. The van der Waals surface area contributed by atoms with E-state index < -0.39 is 12.0 Å². The van der Waals surface area contributed by atoms with Crippen molar-refractivity contribution in [1.82, 2.24) is 14.8 Å². The van der Waals surface area contributed by atoms with Gasteiger partial charge in [-0.1, -0.05) is 29.3 Å². The molecular weight excluding hydrogens is 355 g/mol. The Morgan fingerprint density at radius 2 is 2.17 bits per heavy atom. The second-order valence-electron chi connectivity index (χ2n) is 5.04. The van der Waals surface area contributed by atoms with Crippen LogP contribution in [0.1, 0.15) is 11.6 Å². The van der Waals surface area contributed by atoms with Crippen LogP contribution >= 0.6 is 23.2 Å². The van der Waals surface area contributed by atoms with E-state index in [4.69, 9.17) is 32.7 Å². The third-order valence-electron chi connectivity index (χ3n) is 3.63. The minimum atomic E-state index is -0.605. The second kappa shape index (κ2) is 6.80. The standard InChI is InChI=1S/C15H14Cl2N4O3/c1-23-6-11-12(14(22)24-2)13(21-15(20-11)18-7-19-21)9-4-3-8(16)5-10(9)17/h3-5,7,13H,6H2,1-2H3,(H,18,19,20)/t13-/m1/s1. The zero-order chi connectivity index (χ0) is 17.3. The number of methoxy groups -OCH3 is 2. The highest BCUT2D eigenvalue weighted by Crippen LogP contribution is 2.38. The van der Waals surface area contributed by atoms with Gasteiger partial charge in [0, 0.05) is 22.7 Å². The summed E-state index contributed by atoms with van der Waals surface area (Å²) < 4.78 is 11.7. The summed E-state index contributed by atoms with van der Waals surface area (Å²) in [6.07, 6.45) is 1.39. The van der Waals surface area contributed by atoms with Gasteiger partial charge in [-0.2, -0.15) is 10.1 Å². The highest BCUT2D eigenvalue weighted by molar-refractivity contribution is 6.35. The SMILES string of the molecule is COCC1=C(C(=O)OC)[C@@H](c2ccc(Cl)cc2Cl)n2ncnc2N1. The molecule has 1 aromatic heterocycles. The minimum Gasteiger partial charge on any atom is -0.466 e. The number of nitrogens with one attached hydrogen (secondary N) is 1. The summed E-state index contributed by atoms with van der Waals surface area (Å²) in [5.41, 5.74) is 1.55. The highest BCUT2D eigenvalue weighted by atomic mass is 35.5. The summed E-state index contributed by atoms with van der Waals surface area (Å²) in [6, 6.07) is 4.46. The quantitative estimate of drug-likeness (QED) is 0.835. The van der Waals surface area contributed by atoms with Gasteiger partial charge in [-0.15, -0.1) is 0 Å². The van der Waals surface area contributed by atoms with Gasteiger partial charge < -0.3 is 14.8 Å². The summed E-state index contributed by atoms with van der Waals surface area (Å²) in [7, 11) is 2.85. The molecule has 0 saturated carbocycles. The Morgan fingerprint density at radius 1 is 1.38 bits per heavy atom. The van der Waals surface area contributed by atoms with Crippen molar-refractivity contribution < 1.29 is 14.3 Å². The molecule has 0 saturated heterocycles. The van der Waals surface area contributed by atoms with Crippen molar-refractivity contribution in [3.8, 4) is 0 Å². The lowest BCUT2D eigenvalue weighted by atomic mass is 9.95. The predicted octanol–water partition coefficient (Wildman–Crippen LogP) is 2.67. The number of aromatic nitrogens is 3. The molecule has 0 fully saturated rings. The molecule has 0 radical (unpaired) electrons. The van der Waals surface area contributed by atoms with Crippen LogP contribution in [0.4, 0.5) is 5.95 Å². The molecule has 1 atom stereocenters. The summed E-state index contributed by atoms with van der Waals surface area (Å²) in [6.45, 7) is 0.180. The molecule has 0 aliphatic carbocycles. The largest absolute Gasteiger partial charge is 0.466 e. The first kappa shape index (κ1) is 16.8. The molecule has 2 heterocycles. The van der Waals surface area contributed by atoms with E-state index in [1.807, 2.05) is 0 Å². The third-order valence-corrected chi connectivity index (χ3v) is 4.19. The maximum atomic E-state index is 12.4. The Labute approximate surface area is 148 Å². The summed E-state index contributed by atoms with van der Waals surface area (Å²) in [5.74, 6) is -0.0302. The molecule has 126 valence electrons. The number of carbonyl (C=O) groups is 1. The number of rotatable bonds is 4. The molecule has 0 bridgehead atoms. The first-order valence-electron chi connectivity index (χ1n) is 6.98. The van der Waals surface area contributed by atoms with Crippen molar-refractivity contribution in [3.63, 3.8) is 0 Å². The predicted molar refractivity (Wildman–Crippen MR) is 89.2 cm³/mol. The van der Waals surface area contributed by atoms with E-state index in [-0.39, 0.29) is 6.61 Å². The number of hydrogen-bond acceptors (Lipinski definition) is 6. The molecule has 1 aliphatic rings. The molecule has 0 amide bonds. The van der Waals surface area contributed by atoms with Gasteiger partial charge in [0.1, 0.15) is 12.4 Å². The Hall–Kier alpha value is -2.09. The van der Waals surface area contributed by atoms with Crippen LogP contribution < -0.4 is 5.32 Å². The first-order chi connectivity index (χ1) is 11.6.